The molecule has 1 aromatic heterocycles. The van der Waals surface area contributed by atoms with Crippen LogP contribution in [0.2, 0.25) is 0 Å². The van der Waals surface area contributed by atoms with Gasteiger partial charge in [0.1, 0.15) is 0 Å². The minimum Gasteiger partial charge on any atom is -0.454 e. The second-order valence-electron chi connectivity index (χ2n) is 6.98. The number of fused-ring (bicyclic) bond motifs is 2. The largest absolute Gasteiger partial charge is 0.454 e. The number of sulfonamides is 1. The van der Waals surface area contributed by atoms with E-state index >= 15 is 0 Å². The fourth-order valence-corrected chi connectivity index (χ4v) is 4.75. The van der Waals surface area contributed by atoms with Gasteiger partial charge in [-0.2, -0.15) is 0 Å². The summed E-state index contributed by atoms with van der Waals surface area (Å²) in [5, 5.41) is 8.50. The number of carbonyl (C=O) groups is 2. The van der Waals surface area contributed by atoms with E-state index in [0.717, 1.165) is 5.52 Å². The topological polar surface area (TPSA) is 143 Å². The van der Waals surface area contributed by atoms with Crippen molar-refractivity contribution in [2.24, 2.45) is 5.14 Å². The number of carbonyl (C=O) groups excluding carboxylic acids is 2. The minimum atomic E-state index is -3.85. The quantitative estimate of drug-likeness (QED) is 0.391. The number of nitrogens with one attached hydrogen (secondary N) is 1. The number of anilines is 1. The van der Waals surface area contributed by atoms with Gasteiger partial charge in [0.2, 0.25) is 22.7 Å². The lowest BCUT2D eigenvalue weighted by atomic mass is 10.1. The maximum absolute atomic E-state index is 12.6. The molecule has 0 unspecified atom stereocenters. The number of hydrogen-bond donors (Lipinski definition) is 2. The number of aromatic nitrogens is 2. The van der Waals surface area contributed by atoms with Crippen molar-refractivity contribution >= 4 is 50.2 Å². The monoisotopic (exact) mass is 476 g/mol. The number of amides is 1. The molecule has 1 amide bonds. The predicted molar refractivity (Wildman–Crippen MR) is 119 cm³/mol. The van der Waals surface area contributed by atoms with Crippen LogP contribution in [0.15, 0.2) is 40.4 Å². The minimum absolute atomic E-state index is 0.0250. The standard InChI is InChI=1S/C20H20N4O6S2/c1-3-24-16-5-4-12(32(21,27)28)6-15(16)23-20(24)31-9-19(26)22-14-8-18-17(29-10-30-18)7-13(14)11(2)25/h4-8H,3,9-10H2,1-2H3,(H,22,26)(H2,21,27,28). The number of nitrogens with zero attached hydrogens (tertiary/aromatic N) is 2. The zero-order valence-electron chi connectivity index (χ0n) is 17.2. The van der Waals surface area contributed by atoms with Gasteiger partial charge in [0.05, 0.1) is 27.4 Å². The van der Waals surface area contributed by atoms with E-state index < -0.39 is 10.0 Å². The Kier molecular flexibility index (Phi) is 5.84. The maximum atomic E-state index is 12.6. The number of rotatable bonds is 7. The molecule has 10 nitrogen and oxygen atoms in total. The van der Waals surface area contributed by atoms with E-state index in [1.807, 2.05) is 11.5 Å². The molecule has 0 radical (unpaired) electrons. The summed E-state index contributed by atoms with van der Waals surface area (Å²) < 4.78 is 35.7. The van der Waals surface area contributed by atoms with Crippen LogP contribution in [0.1, 0.15) is 24.2 Å². The highest BCUT2D eigenvalue weighted by Crippen LogP contribution is 2.37. The van der Waals surface area contributed by atoms with Crippen molar-refractivity contribution in [3.63, 3.8) is 0 Å². The molecule has 0 fully saturated rings. The van der Waals surface area contributed by atoms with Crippen LogP contribution in [0, 0.1) is 0 Å². The van der Waals surface area contributed by atoms with Crippen LogP contribution >= 0.6 is 11.8 Å². The molecule has 32 heavy (non-hydrogen) atoms. The molecular weight excluding hydrogens is 456 g/mol. The van der Waals surface area contributed by atoms with Crippen molar-refractivity contribution in [3.05, 3.63) is 35.9 Å². The highest BCUT2D eigenvalue weighted by atomic mass is 32.2. The first kappa shape index (κ1) is 22.1. The van der Waals surface area contributed by atoms with Crippen molar-refractivity contribution in [2.45, 2.75) is 30.4 Å². The molecule has 1 aliphatic rings. The Morgan fingerprint density at radius 1 is 1.22 bits per heavy atom. The van der Waals surface area contributed by atoms with Gasteiger partial charge in [-0.05, 0) is 38.1 Å². The summed E-state index contributed by atoms with van der Waals surface area (Å²) in [7, 11) is -3.85. The molecule has 0 bridgehead atoms. The molecule has 3 N–H and O–H groups in total. The summed E-state index contributed by atoms with van der Waals surface area (Å²) in [6.45, 7) is 3.96. The second-order valence-corrected chi connectivity index (χ2v) is 9.48. The van der Waals surface area contributed by atoms with Crippen molar-refractivity contribution in [2.75, 3.05) is 17.9 Å². The van der Waals surface area contributed by atoms with Gasteiger partial charge in [0.15, 0.2) is 22.4 Å². The van der Waals surface area contributed by atoms with Crippen molar-refractivity contribution in [1.82, 2.24) is 9.55 Å². The zero-order valence-corrected chi connectivity index (χ0v) is 18.9. The number of primary sulfonamides is 1. The third-order valence-corrected chi connectivity index (χ3v) is 6.72. The van der Waals surface area contributed by atoms with Crippen LogP contribution in [0.3, 0.4) is 0 Å². The number of Topliss-reactive ketones (excluding diaryl/α,β-unsaturated/α-hetero) is 1. The molecule has 2 heterocycles. The molecule has 0 aliphatic carbocycles. The Morgan fingerprint density at radius 3 is 2.59 bits per heavy atom. The lowest BCUT2D eigenvalue weighted by molar-refractivity contribution is -0.113. The number of benzene rings is 2. The fraction of sp³-hybridized carbons (Fsp3) is 0.250. The van der Waals surface area contributed by atoms with E-state index in [0.29, 0.717) is 40.0 Å². The van der Waals surface area contributed by atoms with Gasteiger partial charge in [-0.15, -0.1) is 0 Å². The molecule has 168 valence electrons. The molecule has 12 heteroatoms. The molecule has 0 saturated heterocycles. The Labute approximate surface area is 188 Å². The van der Waals surface area contributed by atoms with E-state index in [4.69, 9.17) is 14.6 Å². The number of imidazole rings is 1. The Balaban J connectivity index is 1.54. The van der Waals surface area contributed by atoms with Gasteiger partial charge >= 0.3 is 0 Å². The average Bonchev–Trinajstić information content (AvgIpc) is 3.33. The number of ether oxygens (including phenoxy) is 2. The zero-order chi connectivity index (χ0) is 23.0. The number of thioether (sulfide) groups is 1. The van der Waals surface area contributed by atoms with Crippen molar-refractivity contribution in [3.8, 4) is 11.5 Å². The number of nitrogens with two attached hydrogens (primary N) is 1. The predicted octanol–water partition coefficient (Wildman–Crippen LogP) is 2.37. The summed E-state index contributed by atoms with van der Waals surface area (Å²) in [6, 6.07) is 7.59. The number of aryl methyl sites for hydroxylation is 1. The van der Waals surface area contributed by atoms with Crippen LogP contribution in [0.4, 0.5) is 5.69 Å². The van der Waals surface area contributed by atoms with Crippen LogP contribution in [0.25, 0.3) is 11.0 Å². The molecule has 0 spiro atoms. The Morgan fingerprint density at radius 2 is 1.94 bits per heavy atom. The highest BCUT2D eigenvalue weighted by Gasteiger charge is 2.21. The van der Waals surface area contributed by atoms with E-state index in [1.165, 1.54) is 30.8 Å². The molecule has 0 saturated carbocycles. The van der Waals surface area contributed by atoms with Crippen LogP contribution < -0.4 is 19.9 Å². The number of ketones is 1. The molecule has 2 aromatic carbocycles. The summed E-state index contributed by atoms with van der Waals surface area (Å²) in [5.41, 5.74) is 1.87. The SMILES string of the molecule is CCn1c(SCC(=O)Nc2cc3c(cc2C(C)=O)OCO3)nc2cc(S(N)(=O)=O)ccc21. The second kappa shape index (κ2) is 8.45. The van der Waals surface area contributed by atoms with Crippen LogP contribution in [-0.4, -0.2) is 42.2 Å². The van der Waals surface area contributed by atoms with Gasteiger partial charge in [0.25, 0.3) is 0 Å². The van der Waals surface area contributed by atoms with Crippen molar-refractivity contribution in [1.29, 1.82) is 0 Å². The smallest absolute Gasteiger partial charge is 0.238 e. The lowest BCUT2D eigenvalue weighted by Crippen LogP contribution is -2.16. The first-order valence-corrected chi connectivity index (χ1v) is 12.1. The Hall–Kier alpha value is -3.09. The van der Waals surface area contributed by atoms with E-state index in [9.17, 15) is 18.0 Å². The molecular formula is C20H20N4O6S2. The molecule has 3 aromatic rings. The first-order chi connectivity index (χ1) is 15.2. The van der Waals surface area contributed by atoms with Gasteiger partial charge < -0.3 is 19.4 Å². The third-order valence-electron chi connectivity index (χ3n) is 4.83. The molecule has 1 aliphatic heterocycles. The third kappa shape index (κ3) is 4.29. The van der Waals surface area contributed by atoms with Crippen molar-refractivity contribution < 1.29 is 27.5 Å². The maximum Gasteiger partial charge on any atom is 0.238 e. The van der Waals surface area contributed by atoms with Crippen LogP contribution in [-0.2, 0) is 21.4 Å². The number of hydrogen-bond acceptors (Lipinski definition) is 8. The fourth-order valence-electron chi connectivity index (χ4n) is 3.33. The van der Waals surface area contributed by atoms with Gasteiger partial charge in [-0.3, -0.25) is 9.59 Å². The van der Waals surface area contributed by atoms with E-state index in [-0.39, 0.29) is 29.1 Å². The normalized spacial score (nSPS) is 12.8. The average molecular weight is 477 g/mol. The molecule has 4 rings (SSSR count). The molecule has 0 atom stereocenters. The van der Waals surface area contributed by atoms with E-state index in [2.05, 4.69) is 10.3 Å². The van der Waals surface area contributed by atoms with Crippen LogP contribution in [0.5, 0.6) is 11.5 Å². The summed E-state index contributed by atoms with van der Waals surface area (Å²) >= 11 is 1.20. The lowest BCUT2D eigenvalue weighted by Gasteiger charge is -2.11. The summed E-state index contributed by atoms with van der Waals surface area (Å²) in [6.07, 6.45) is 0. The van der Waals surface area contributed by atoms with Gasteiger partial charge in [-0.25, -0.2) is 18.5 Å². The summed E-state index contributed by atoms with van der Waals surface area (Å²) in [4.78, 5) is 29.0. The van der Waals surface area contributed by atoms with Gasteiger partial charge in [-0.1, -0.05) is 11.8 Å². The summed E-state index contributed by atoms with van der Waals surface area (Å²) in [5.74, 6) is 0.382. The highest BCUT2D eigenvalue weighted by molar-refractivity contribution is 7.99. The van der Waals surface area contributed by atoms with Gasteiger partial charge in [0, 0.05) is 18.2 Å². The first-order valence-electron chi connectivity index (χ1n) is 9.57. The Bertz CT molecular complexity index is 1350. The van der Waals surface area contributed by atoms with E-state index in [1.54, 1.807) is 18.2 Å².